The van der Waals surface area contributed by atoms with Gasteiger partial charge in [-0.1, -0.05) is 0 Å². The van der Waals surface area contributed by atoms with E-state index in [1.807, 2.05) is 32.0 Å². The van der Waals surface area contributed by atoms with Gasteiger partial charge in [-0.3, -0.25) is 5.43 Å². The summed E-state index contributed by atoms with van der Waals surface area (Å²) in [6.07, 6.45) is 1.61. The van der Waals surface area contributed by atoms with Crippen molar-refractivity contribution >= 4 is 17.5 Å². The van der Waals surface area contributed by atoms with Crippen molar-refractivity contribution in [2.75, 3.05) is 24.0 Å². The predicted molar refractivity (Wildman–Crippen MR) is 81.9 cm³/mol. The summed E-state index contributed by atoms with van der Waals surface area (Å²) in [5.74, 6) is 7.67. The monoisotopic (exact) mass is 289 g/mol. The van der Waals surface area contributed by atoms with Gasteiger partial charge in [0.1, 0.15) is 5.82 Å². The van der Waals surface area contributed by atoms with Gasteiger partial charge in [0, 0.05) is 18.0 Å². The topological polar surface area (TPSA) is 94.3 Å². The molecule has 4 N–H and O–H groups in total. The van der Waals surface area contributed by atoms with E-state index in [2.05, 4.69) is 20.7 Å². The molecular formula is C14H19N5O2. The van der Waals surface area contributed by atoms with Gasteiger partial charge < -0.3 is 14.8 Å². The number of hydrazine groups is 1. The number of nitrogens with zero attached hydrogens (tertiary/aromatic N) is 2. The molecule has 1 aromatic heterocycles. The van der Waals surface area contributed by atoms with Crippen molar-refractivity contribution in [3.63, 3.8) is 0 Å². The predicted octanol–water partition coefficient (Wildman–Crippen LogP) is 2.30. The second-order valence-corrected chi connectivity index (χ2v) is 4.06. The summed E-state index contributed by atoms with van der Waals surface area (Å²) in [6.45, 7) is 5.02. The average Bonchev–Trinajstić information content (AvgIpc) is 2.50. The van der Waals surface area contributed by atoms with E-state index in [1.54, 1.807) is 12.3 Å². The highest BCUT2D eigenvalue weighted by Crippen LogP contribution is 2.31. The van der Waals surface area contributed by atoms with E-state index in [0.717, 1.165) is 11.4 Å². The third-order valence-corrected chi connectivity index (χ3v) is 2.60. The van der Waals surface area contributed by atoms with Crippen LogP contribution in [0.3, 0.4) is 0 Å². The van der Waals surface area contributed by atoms with E-state index in [0.29, 0.717) is 30.7 Å². The SMILES string of the molecule is CCOc1ccc(Nc2ccnc(NN)n2)cc1OCC. The van der Waals surface area contributed by atoms with E-state index in [4.69, 9.17) is 15.3 Å². The molecule has 0 spiro atoms. The van der Waals surface area contributed by atoms with Crippen molar-refractivity contribution in [1.29, 1.82) is 0 Å². The smallest absolute Gasteiger partial charge is 0.239 e. The van der Waals surface area contributed by atoms with E-state index in [9.17, 15) is 0 Å². The molecule has 0 radical (unpaired) electrons. The quantitative estimate of drug-likeness (QED) is 0.532. The Hall–Kier alpha value is -2.54. The summed E-state index contributed by atoms with van der Waals surface area (Å²) in [6, 6.07) is 7.37. The van der Waals surface area contributed by atoms with Gasteiger partial charge in [-0.15, -0.1) is 0 Å². The Bertz CT molecular complexity index is 591. The van der Waals surface area contributed by atoms with Crippen LogP contribution in [-0.4, -0.2) is 23.2 Å². The number of rotatable bonds is 7. The first-order chi connectivity index (χ1) is 10.3. The molecule has 7 heteroatoms. The summed E-state index contributed by atoms with van der Waals surface area (Å²) in [5, 5.41) is 3.16. The summed E-state index contributed by atoms with van der Waals surface area (Å²) in [4.78, 5) is 8.14. The van der Waals surface area contributed by atoms with E-state index in [-0.39, 0.29) is 0 Å². The lowest BCUT2D eigenvalue weighted by atomic mass is 10.2. The van der Waals surface area contributed by atoms with Crippen molar-refractivity contribution < 1.29 is 9.47 Å². The molecule has 21 heavy (non-hydrogen) atoms. The molecule has 0 aliphatic rings. The minimum Gasteiger partial charge on any atom is -0.490 e. The van der Waals surface area contributed by atoms with Gasteiger partial charge in [0.2, 0.25) is 5.95 Å². The maximum atomic E-state index is 5.58. The number of hydrogen-bond donors (Lipinski definition) is 3. The summed E-state index contributed by atoms with van der Waals surface area (Å²) in [7, 11) is 0. The van der Waals surface area contributed by atoms with Gasteiger partial charge in [0.25, 0.3) is 0 Å². The molecule has 0 saturated heterocycles. The van der Waals surface area contributed by atoms with Crippen molar-refractivity contribution in [2.45, 2.75) is 13.8 Å². The number of ether oxygens (including phenoxy) is 2. The lowest BCUT2D eigenvalue weighted by Crippen LogP contribution is -2.10. The minimum absolute atomic E-state index is 0.343. The van der Waals surface area contributed by atoms with Crippen molar-refractivity contribution in [3.8, 4) is 11.5 Å². The first-order valence-corrected chi connectivity index (χ1v) is 6.73. The zero-order valence-corrected chi connectivity index (χ0v) is 12.1. The molecule has 2 aromatic rings. The Morgan fingerprint density at radius 3 is 2.57 bits per heavy atom. The Morgan fingerprint density at radius 2 is 1.86 bits per heavy atom. The molecule has 0 fully saturated rings. The average molecular weight is 289 g/mol. The van der Waals surface area contributed by atoms with Crippen molar-refractivity contribution in [1.82, 2.24) is 9.97 Å². The molecular weight excluding hydrogens is 270 g/mol. The highest BCUT2D eigenvalue weighted by atomic mass is 16.5. The van der Waals surface area contributed by atoms with Crippen LogP contribution in [0.5, 0.6) is 11.5 Å². The zero-order valence-electron chi connectivity index (χ0n) is 12.1. The van der Waals surface area contributed by atoms with Crippen LogP contribution in [-0.2, 0) is 0 Å². The Balaban J connectivity index is 2.21. The number of hydrogen-bond acceptors (Lipinski definition) is 7. The van der Waals surface area contributed by atoms with Crippen LogP contribution >= 0.6 is 0 Å². The lowest BCUT2D eigenvalue weighted by molar-refractivity contribution is 0.288. The van der Waals surface area contributed by atoms with Gasteiger partial charge in [0.15, 0.2) is 11.5 Å². The standard InChI is InChI=1S/C14H19N5O2/c1-3-20-11-6-5-10(9-12(11)21-4-2)17-13-7-8-16-14(18-13)19-15/h5-9H,3-4,15H2,1-2H3,(H2,16,17,18,19). The molecule has 0 aliphatic carbocycles. The fourth-order valence-electron chi connectivity index (χ4n) is 1.77. The molecule has 1 heterocycles. The maximum absolute atomic E-state index is 5.58. The van der Waals surface area contributed by atoms with Crippen LogP contribution in [0.2, 0.25) is 0 Å². The number of nitrogens with two attached hydrogens (primary N) is 1. The largest absolute Gasteiger partial charge is 0.490 e. The molecule has 0 atom stereocenters. The molecule has 0 unspecified atom stereocenters. The summed E-state index contributed by atoms with van der Waals surface area (Å²) >= 11 is 0. The molecule has 112 valence electrons. The van der Waals surface area contributed by atoms with Gasteiger partial charge in [-0.2, -0.15) is 4.98 Å². The number of nitrogens with one attached hydrogen (secondary N) is 2. The molecule has 2 rings (SSSR count). The highest BCUT2D eigenvalue weighted by Gasteiger charge is 2.07. The van der Waals surface area contributed by atoms with Gasteiger partial charge in [0.05, 0.1) is 13.2 Å². The number of benzene rings is 1. The third-order valence-electron chi connectivity index (χ3n) is 2.60. The third kappa shape index (κ3) is 3.96. The normalized spacial score (nSPS) is 10.0. The first-order valence-electron chi connectivity index (χ1n) is 6.73. The molecule has 1 aromatic carbocycles. The number of aromatic nitrogens is 2. The fraction of sp³-hybridized carbons (Fsp3) is 0.286. The highest BCUT2D eigenvalue weighted by molar-refractivity contribution is 5.61. The fourth-order valence-corrected chi connectivity index (χ4v) is 1.77. The van der Waals surface area contributed by atoms with Crippen molar-refractivity contribution in [3.05, 3.63) is 30.5 Å². The minimum atomic E-state index is 0.343. The Labute approximate surface area is 123 Å². The second kappa shape index (κ2) is 7.30. The van der Waals surface area contributed by atoms with Gasteiger partial charge in [-0.05, 0) is 32.0 Å². The van der Waals surface area contributed by atoms with Gasteiger partial charge in [-0.25, -0.2) is 10.8 Å². The number of nitrogen functional groups attached to an aromatic ring is 1. The molecule has 0 bridgehead atoms. The van der Waals surface area contributed by atoms with Gasteiger partial charge >= 0.3 is 0 Å². The molecule has 0 amide bonds. The van der Waals surface area contributed by atoms with E-state index < -0.39 is 0 Å². The molecule has 0 aliphatic heterocycles. The summed E-state index contributed by atoms with van der Waals surface area (Å²) < 4.78 is 11.1. The van der Waals surface area contributed by atoms with Crippen LogP contribution < -0.4 is 26.1 Å². The van der Waals surface area contributed by atoms with E-state index in [1.165, 1.54) is 0 Å². The molecule has 0 saturated carbocycles. The second-order valence-electron chi connectivity index (χ2n) is 4.06. The molecule has 7 nitrogen and oxygen atoms in total. The van der Waals surface area contributed by atoms with Crippen LogP contribution in [0.1, 0.15) is 13.8 Å². The maximum Gasteiger partial charge on any atom is 0.239 e. The van der Waals surface area contributed by atoms with Crippen LogP contribution in [0.25, 0.3) is 0 Å². The van der Waals surface area contributed by atoms with Crippen LogP contribution in [0.15, 0.2) is 30.5 Å². The summed E-state index contributed by atoms with van der Waals surface area (Å²) in [5.41, 5.74) is 3.24. The lowest BCUT2D eigenvalue weighted by Gasteiger charge is -2.13. The zero-order chi connectivity index (χ0) is 15.1. The van der Waals surface area contributed by atoms with Crippen LogP contribution in [0.4, 0.5) is 17.5 Å². The van der Waals surface area contributed by atoms with E-state index >= 15 is 0 Å². The number of anilines is 3. The van der Waals surface area contributed by atoms with Crippen LogP contribution in [0, 0.1) is 0 Å². The van der Waals surface area contributed by atoms with Crippen molar-refractivity contribution in [2.24, 2.45) is 5.84 Å². The first kappa shape index (κ1) is 14.9. The Kier molecular flexibility index (Phi) is 5.16. The Morgan fingerprint density at radius 1 is 1.10 bits per heavy atom.